The fraction of sp³-hybridized carbons (Fsp3) is 0.625. The molecule has 1 rings (SSSR count). The minimum atomic E-state index is 0.228. The van der Waals surface area contributed by atoms with Crippen molar-refractivity contribution in [2.45, 2.75) is 40.0 Å². The molecule has 1 aromatic rings. The van der Waals surface area contributed by atoms with Gasteiger partial charge in [0.05, 0.1) is 0 Å². The maximum Gasteiger partial charge on any atom is 0.0363 e. The Kier molecular flexibility index (Phi) is 5.21. The Bertz CT molecular complexity index is 352. The van der Waals surface area contributed by atoms with Crippen LogP contribution in [0.3, 0.4) is 0 Å². The highest BCUT2D eigenvalue weighted by Gasteiger charge is 2.16. The van der Waals surface area contributed by atoms with E-state index in [1.807, 2.05) is 0 Å². The molecule has 102 valence electrons. The average Bonchev–Trinajstić information content (AvgIpc) is 2.36. The number of nitrogens with zero attached hydrogens (tertiary/aromatic N) is 1. The van der Waals surface area contributed by atoms with Gasteiger partial charge in [-0.15, -0.1) is 0 Å². The van der Waals surface area contributed by atoms with E-state index in [0.29, 0.717) is 5.92 Å². The van der Waals surface area contributed by atoms with Crippen LogP contribution in [0.2, 0.25) is 0 Å². The predicted octanol–water partition coefficient (Wildman–Crippen LogP) is 3.62. The standard InChI is InChI=1S/C16H28N2/c1-13(2)14-6-8-15(9-7-14)18(5)11-10-16(3,4)12-17/h6-9,13H,10-12,17H2,1-5H3. The first kappa shape index (κ1) is 15.0. The molecule has 0 unspecified atom stereocenters. The van der Waals surface area contributed by atoms with Crippen LogP contribution in [0.1, 0.15) is 45.6 Å². The number of hydrogen-bond acceptors (Lipinski definition) is 2. The second-order valence-corrected chi connectivity index (χ2v) is 6.29. The minimum Gasteiger partial charge on any atom is -0.375 e. The normalized spacial score (nSPS) is 11.9. The molecule has 0 saturated carbocycles. The summed E-state index contributed by atoms with van der Waals surface area (Å²) in [4.78, 5) is 2.31. The van der Waals surface area contributed by atoms with Gasteiger partial charge in [0, 0.05) is 19.3 Å². The van der Waals surface area contributed by atoms with E-state index >= 15 is 0 Å². The summed E-state index contributed by atoms with van der Waals surface area (Å²) >= 11 is 0. The second kappa shape index (κ2) is 6.24. The third kappa shape index (κ3) is 4.34. The first-order chi connectivity index (χ1) is 8.35. The van der Waals surface area contributed by atoms with Crippen molar-refractivity contribution in [3.8, 4) is 0 Å². The molecule has 0 aliphatic rings. The second-order valence-electron chi connectivity index (χ2n) is 6.29. The molecule has 1 aromatic carbocycles. The van der Waals surface area contributed by atoms with E-state index in [1.54, 1.807) is 0 Å². The molecule has 0 amide bonds. The van der Waals surface area contributed by atoms with Gasteiger partial charge in [0.25, 0.3) is 0 Å². The fourth-order valence-electron chi connectivity index (χ4n) is 1.82. The molecular weight excluding hydrogens is 220 g/mol. The zero-order valence-corrected chi connectivity index (χ0v) is 12.5. The third-order valence-electron chi connectivity index (χ3n) is 3.68. The number of anilines is 1. The highest BCUT2D eigenvalue weighted by atomic mass is 15.1. The summed E-state index contributed by atoms with van der Waals surface area (Å²) in [6, 6.07) is 8.88. The van der Waals surface area contributed by atoms with E-state index in [0.717, 1.165) is 19.5 Å². The average molecular weight is 248 g/mol. The van der Waals surface area contributed by atoms with Gasteiger partial charge in [-0.05, 0) is 42.0 Å². The highest BCUT2D eigenvalue weighted by molar-refractivity contribution is 5.47. The van der Waals surface area contributed by atoms with E-state index in [1.165, 1.54) is 11.3 Å². The van der Waals surface area contributed by atoms with E-state index in [2.05, 4.69) is 63.9 Å². The Morgan fingerprint density at radius 2 is 1.72 bits per heavy atom. The van der Waals surface area contributed by atoms with Crippen molar-refractivity contribution in [3.05, 3.63) is 29.8 Å². The van der Waals surface area contributed by atoms with Crippen molar-refractivity contribution in [1.29, 1.82) is 0 Å². The molecule has 0 heterocycles. The molecule has 0 aliphatic heterocycles. The van der Waals surface area contributed by atoms with Crippen molar-refractivity contribution < 1.29 is 0 Å². The van der Waals surface area contributed by atoms with E-state index < -0.39 is 0 Å². The van der Waals surface area contributed by atoms with Gasteiger partial charge in [0.2, 0.25) is 0 Å². The van der Waals surface area contributed by atoms with Gasteiger partial charge < -0.3 is 10.6 Å². The summed E-state index contributed by atoms with van der Waals surface area (Å²) in [6.07, 6.45) is 1.12. The maximum absolute atomic E-state index is 5.77. The van der Waals surface area contributed by atoms with E-state index in [4.69, 9.17) is 5.73 Å². The van der Waals surface area contributed by atoms with Crippen molar-refractivity contribution in [1.82, 2.24) is 0 Å². The molecule has 0 spiro atoms. The lowest BCUT2D eigenvalue weighted by Crippen LogP contribution is -2.29. The van der Waals surface area contributed by atoms with Gasteiger partial charge in [-0.25, -0.2) is 0 Å². The summed E-state index contributed by atoms with van der Waals surface area (Å²) in [7, 11) is 2.15. The molecule has 0 fully saturated rings. The smallest absolute Gasteiger partial charge is 0.0363 e. The summed E-state index contributed by atoms with van der Waals surface area (Å²) in [5.74, 6) is 0.598. The van der Waals surface area contributed by atoms with Crippen LogP contribution < -0.4 is 10.6 Å². The number of benzene rings is 1. The van der Waals surface area contributed by atoms with Crippen LogP contribution in [0.25, 0.3) is 0 Å². The van der Waals surface area contributed by atoms with E-state index in [9.17, 15) is 0 Å². The molecular formula is C16H28N2. The number of nitrogens with two attached hydrogens (primary N) is 1. The lowest BCUT2D eigenvalue weighted by molar-refractivity contribution is 0.351. The molecule has 2 heteroatoms. The molecule has 0 radical (unpaired) electrons. The zero-order valence-electron chi connectivity index (χ0n) is 12.5. The SMILES string of the molecule is CC(C)c1ccc(N(C)CCC(C)(C)CN)cc1. The molecule has 0 aromatic heterocycles. The van der Waals surface area contributed by atoms with Crippen LogP contribution in [0, 0.1) is 5.41 Å². The van der Waals surface area contributed by atoms with Gasteiger partial charge in [0.15, 0.2) is 0 Å². The Labute approximate surface area is 112 Å². The highest BCUT2D eigenvalue weighted by Crippen LogP contribution is 2.22. The molecule has 0 atom stereocenters. The van der Waals surface area contributed by atoms with Crippen LogP contribution in [-0.2, 0) is 0 Å². The topological polar surface area (TPSA) is 29.3 Å². The van der Waals surface area contributed by atoms with Gasteiger partial charge in [0.1, 0.15) is 0 Å². The number of hydrogen-bond donors (Lipinski definition) is 1. The van der Waals surface area contributed by atoms with Gasteiger partial charge >= 0.3 is 0 Å². The van der Waals surface area contributed by atoms with Crippen LogP contribution in [-0.4, -0.2) is 20.1 Å². The lowest BCUT2D eigenvalue weighted by atomic mass is 9.89. The van der Waals surface area contributed by atoms with Crippen LogP contribution in [0.5, 0.6) is 0 Å². The van der Waals surface area contributed by atoms with Crippen molar-refractivity contribution in [2.24, 2.45) is 11.1 Å². The summed E-state index contributed by atoms with van der Waals surface area (Å²) in [5.41, 5.74) is 8.68. The zero-order chi connectivity index (χ0) is 13.8. The van der Waals surface area contributed by atoms with Gasteiger partial charge in [-0.3, -0.25) is 0 Å². The van der Waals surface area contributed by atoms with Gasteiger partial charge in [-0.1, -0.05) is 39.8 Å². The van der Waals surface area contributed by atoms with Crippen molar-refractivity contribution >= 4 is 5.69 Å². The van der Waals surface area contributed by atoms with Crippen LogP contribution in [0.4, 0.5) is 5.69 Å². The predicted molar refractivity (Wildman–Crippen MR) is 81.3 cm³/mol. The molecule has 2 nitrogen and oxygen atoms in total. The summed E-state index contributed by atoms with van der Waals surface area (Å²) < 4.78 is 0. The van der Waals surface area contributed by atoms with Crippen LogP contribution >= 0.6 is 0 Å². The van der Waals surface area contributed by atoms with Crippen LogP contribution in [0.15, 0.2) is 24.3 Å². The Balaban J connectivity index is 2.59. The molecule has 18 heavy (non-hydrogen) atoms. The van der Waals surface area contributed by atoms with E-state index in [-0.39, 0.29) is 5.41 Å². The fourth-order valence-corrected chi connectivity index (χ4v) is 1.82. The van der Waals surface area contributed by atoms with Gasteiger partial charge in [-0.2, -0.15) is 0 Å². The lowest BCUT2D eigenvalue weighted by Gasteiger charge is -2.27. The summed E-state index contributed by atoms with van der Waals surface area (Å²) in [5, 5.41) is 0. The van der Waals surface area contributed by atoms with Crippen molar-refractivity contribution in [2.75, 3.05) is 25.0 Å². The minimum absolute atomic E-state index is 0.228. The molecule has 0 bridgehead atoms. The maximum atomic E-state index is 5.77. The first-order valence-corrected chi connectivity index (χ1v) is 6.87. The Morgan fingerprint density at radius 3 is 2.17 bits per heavy atom. The summed E-state index contributed by atoms with van der Waals surface area (Å²) in [6.45, 7) is 10.7. The largest absolute Gasteiger partial charge is 0.375 e. The Morgan fingerprint density at radius 1 is 1.17 bits per heavy atom. The molecule has 0 aliphatic carbocycles. The number of rotatable bonds is 6. The van der Waals surface area contributed by atoms with Crippen molar-refractivity contribution in [3.63, 3.8) is 0 Å². The first-order valence-electron chi connectivity index (χ1n) is 6.87. The quantitative estimate of drug-likeness (QED) is 0.833. The molecule has 0 saturated heterocycles. The monoisotopic (exact) mass is 248 g/mol. The third-order valence-corrected chi connectivity index (χ3v) is 3.68. The Hall–Kier alpha value is -1.02. The molecule has 2 N–H and O–H groups in total.